The third-order valence-corrected chi connectivity index (χ3v) is 13.5. The topological polar surface area (TPSA) is 82.5 Å². The van der Waals surface area contributed by atoms with Crippen LogP contribution in [0.4, 0.5) is 13.2 Å². The van der Waals surface area contributed by atoms with Gasteiger partial charge in [-0.1, -0.05) is 66.2 Å². The first kappa shape index (κ1) is 29.9. The summed E-state index contributed by atoms with van der Waals surface area (Å²) in [5.41, 5.74) is -1.18. The smallest absolute Gasteiger partial charge is 0.365 e. The van der Waals surface area contributed by atoms with Crippen LogP contribution >= 0.6 is 0 Å². The number of Topliss-reactive ketones (excluding diaryl/α,β-unsaturated/α-hetero) is 1. The number of epoxide rings is 1. The minimum atomic E-state index is -4.46. The number of nitriles is 1. The van der Waals surface area contributed by atoms with Crippen LogP contribution in [-0.2, 0) is 14.3 Å². The number of ketones is 1. The van der Waals surface area contributed by atoms with Crippen molar-refractivity contribution in [1.29, 1.82) is 5.26 Å². The minimum absolute atomic E-state index is 0.00371. The first-order valence-corrected chi connectivity index (χ1v) is 15.7. The van der Waals surface area contributed by atoms with E-state index in [0.717, 1.165) is 25.7 Å². The number of nitrogens with zero attached hydrogens (tertiary/aromatic N) is 1. The van der Waals surface area contributed by atoms with E-state index in [1.54, 1.807) is 0 Å². The Morgan fingerprint density at radius 3 is 2.38 bits per heavy atom. The molecular formula is C34H45F3N2O3. The number of ether oxygens (including phenoxy) is 1. The number of carbonyl (C=O) groups excluding carboxylic acids is 2. The van der Waals surface area contributed by atoms with Crippen molar-refractivity contribution in [3.63, 3.8) is 0 Å². The molecule has 42 heavy (non-hydrogen) atoms. The maximum atomic E-state index is 13.8. The highest BCUT2D eigenvalue weighted by Gasteiger charge is 2.73. The zero-order chi connectivity index (χ0) is 30.9. The van der Waals surface area contributed by atoms with Gasteiger partial charge in [0.15, 0.2) is 5.78 Å². The molecule has 6 rings (SSSR count). The van der Waals surface area contributed by atoms with Gasteiger partial charge < -0.3 is 10.1 Å². The van der Waals surface area contributed by atoms with Gasteiger partial charge in [0, 0.05) is 10.8 Å². The lowest BCUT2D eigenvalue weighted by atomic mass is 9.36. The highest BCUT2D eigenvalue weighted by molar-refractivity contribution is 6.04. The van der Waals surface area contributed by atoms with Crippen LogP contribution in [-0.4, -0.2) is 36.6 Å². The van der Waals surface area contributed by atoms with Crippen molar-refractivity contribution in [2.45, 2.75) is 112 Å². The van der Waals surface area contributed by atoms with E-state index in [4.69, 9.17) is 4.74 Å². The van der Waals surface area contributed by atoms with Crippen LogP contribution in [0.2, 0.25) is 0 Å². The van der Waals surface area contributed by atoms with Crippen molar-refractivity contribution in [3.8, 4) is 6.07 Å². The van der Waals surface area contributed by atoms with Gasteiger partial charge in [0.25, 0.3) is 0 Å². The standard InChI is InChI=1S/C34H45F3N2O3/c1-28(2)10-12-33(27(41)39-18-34(35,36)37)13-11-32(7)24(20(33)16-28)25-21(42-25)14-23-30(5)15-19(17-38)26(40)29(3,4)22(30)8-9-31(23,32)6/h14-15,20-22,24-25H,8-13,16,18H2,1-7H3,(H,39,41)/t20-,21?,22?,24+,25?,30+,31-,32-,33+/m1/s1. The molecule has 3 unspecified atom stereocenters. The third-order valence-electron chi connectivity index (χ3n) is 13.5. The Labute approximate surface area is 247 Å². The summed E-state index contributed by atoms with van der Waals surface area (Å²) in [6.45, 7) is 13.9. The molecule has 0 bridgehead atoms. The maximum Gasteiger partial charge on any atom is 0.405 e. The molecule has 230 valence electrons. The van der Waals surface area contributed by atoms with Crippen LogP contribution < -0.4 is 5.32 Å². The molecule has 1 amide bonds. The lowest BCUT2D eigenvalue weighted by Gasteiger charge is -2.67. The van der Waals surface area contributed by atoms with Crippen molar-refractivity contribution >= 4 is 11.7 Å². The summed E-state index contributed by atoms with van der Waals surface area (Å²) in [5.74, 6) is -0.605. The monoisotopic (exact) mass is 586 g/mol. The van der Waals surface area contributed by atoms with Gasteiger partial charge in [-0.25, -0.2) is 0 Å². The van der Waals surface area contributed by atoms with Crippen LogP contribution in [0.1, 0.15) is 93.4 Å². The van der Waals surface area contributed by atoms with Gasteiger partial charge >= 0.3 is 6.18 Å². The number of amides is 1. The van der Waals surface area contributed by atoms with Gasteiger partial charge in [-0.3, -0.25) is 9.59 Å². The van der Waals surface area contributed by atoms with Gasteiger partial charge in [0.2, 0.25) is 5.91 Å². The van der Waals surface area contributed by atoms with Crippen molar-refractivity contribution in [2.24, 2.45) is 50.2 Å². The van der Waals surface area contributed by atoms with Crippen LogP contribution in [0.5, 0.6) is 0 Å². The second kappa shape index (κ2) is 8.73. The molecule has 1 N–H and O–H groups in total. The molecule has 0 aromatic carbocycles. The zero-order valence-electron chi connectivity index (χ0n) is 26.0. The molecule has 0 radical (unpaired) electrons. The summed E-state index contributed by atoms with van der Waals surface area (Å²) in [7, 11) is 0. The van der Waals surface area contributed by atoms with E-state index >= 15 is 0 Å². The normalized spacial score (nSPS) is 46.6. The zero-order valence-corrected chi connectivity index (χ0v) is 26.0. The number of carbonyl (C=O) groups is 2. The van der Waals surface area contributed by atoms with E-state index in [-0.39, 0.29) is 57.6 Å². The van der Waals surface area contributed by atoms with Gasteiger partial charge in [-0.15, -0.1) is 0 Å². The molecule has 4 fully saturated rings. The number of rotatable bonds is 2. The molecule has 9 atom stereocenters. The second-order valence-electron chi connectivity index (χ2n) is 16.4. The molecule has 5 nitrogen and oxygen atoms in total. The van der Waals surface area contributed by atoms with E-state index in [0.29, 0.717) is 19.3 Å². The van der Waals surface area contributed by atoms with Crippen molar-refractivity contribution in [3.05, 3.63) is 23.3 Å². The summed E-state index contributed by atoms with van der Waals surface area (Å²) in [5, 5.41) is 12.3. The molecule has 0 spiro atoms. The van der Waals surface area contributed by atoms with Crippen LogP contribution in [0.15, 0.2) is 23.3 Å². The number of fused-ring (bicyclic) bond motifs is 9. The summed E-state index contributed by atoms with van der Waals surface area (Å²) in [4.78, 5) is 27.2. The molecule has 8 heteroatoms. The lowest BCUT2D eigenvalue weighted by molar-refractivity contribution is -0.178. The summed E-state index contributed by atoms with van der Waals surface area (Å²) < 4.78 is 46.2. The molecule has 5 aliphatic carbocycles. The maximum absolute atomic E-state index is 13.8. The number of halogens is 3. The summed E-state index contributed by atoms with van der Waals surface area (Å²) in [6, 6.07) is 2.19. The van der Waals surface area contributed by atoms with Gasteiger partial charge in [0.1, 0.15) is 18.7 Å². The highest BCUT2D eigenvalue weighted by atomic mass is 19.4. The van der Waals surface area contributed by atoms with E-state index in [9.17, 15) is 28.0 Å². The Morgan fingerprint density at radius 2 is 1.74 bits per heavy atom. The SMILES string of the molecule is CC1(C)CC[C@]2(C(=O)NCC(F)(F)F)CC[C@]3(C)[C@H](C4OC4C=C4[C@@]5(C)C=C(C#N)C(=O)C(C)(C)C5CC[C@]43C)[C@H]2C1. The first-order valence-electron chi connectivity index (χ1n) is 15.7. The largest absolute Gasteiger partial charge is 0.405 e. The fraction of sp³-hybridized carbons (Fsp3) is 0.794. The number of nitrogens with one attached hydrogen (secondary N) is 1. The molecule has 1 heterocycles. The van der Waals surface area contributed by atoms with E-state index < -0.39 is 34.9 Å². The Hall–Kier alpha value is -2.14. The Bertz CT molecular complexity index is 1340. The molecule has 0 aromatic rings. The van der Waals surface area contributed by atoms with Crippen molar-refractivity contribution in [1.82, 2.24) is 5.32 Å². The second-order valence-corrected chi connectivity index (χ2v) is 16.4. The molecule has 1 aliphatic heterocycles. The average molecular weight is 587 g/mol. The molecular weight excluding hydrogens is 541 g/mol. The van der Waals surface area contributed by atoms with E-state index in [1.807, 2.05) is 19.9 Å². The number of alkyl halides is 3. The van der Waals surface area contributed by atoms with Crippen molar-refractivity contribution < 1.29 is 27.5 Å². The van der Waals surface area contributed by atoms with Gasteiger partial charge in [-0.2, -0.15) is 18.4 Å². The Kier molecular flexibility index (Phi) is 6.22. The van der Waals surface area contributed by atoms with Gasteiger partial charge in [-0.05, 0) is 78.9 Å². The number of hydrogen-bond donors (Lipinski definition) is 1. The van der Waals surface area contributed by atoms with Crippen LogP contribution in [0, 0.1) is 61.6 Å². The minimum Gasteiger partial charge on any atom is -0.365 e. The fourth-order valence-corrected chi connectivity index (χ4v) is 11.1. The third kappa shape index (κ3) is 3.90. The highest BCUT2D eigenvalue weighted by Crippen LogP contribution is 2.76. The number of hydrogen-bond acceptors (Lipinski definition) is 4. The lowest BCUT2D eigenvalue weighted by Crippen LogP contribution is -2.64. The first-order chi connectivity index (χ1) is 19.3. The van der Waals surface area contributed by atoms with E-state index in [1.165, 1.54) is 5.57 Å². The number of allylic oxidation sites excluding steroid dienone is 3. The summed E-state index contributed by atoms with van der Waals surface area (Å²) in [6.07, 6.45) is 4.63. The molecule has 1 saturated heterocycles. The molecule has 6 aliphatic rings. The molecule has 3 saturated carbocycles. The average Bonchev–Trinajstić information content (AvgIpc) is 3.65. The predicted molar refractivity (Wildman–Crippen MR) is 152 cm³/mol. The van der Waals surface area contributed by atoms with Crippen LogP contribution in [0.25, 0.3) is 0 Å². The quantitative estimate of drug-likeness (QED) is 0.277. The van der Waals surface area contributed by atoms with Gasteiger partial charge in [0.05, 0.1) is 17.1 Å². The summed E-state index contributed by atoms with van der Waals surface area (Å²) >= 11 is 0. The van der Waals surface area contributed by atoms with Crippen molar-refractivity contribution in [2.75, 3.05) is 6.54 Å². The van der Waals surface area contributed by atoms with Crippen LogP contribution in [0.3, 0.4) is 0 Å². The fourth-order valence-electron chi connectivity index (χ4n) is 11.1. The Balaban J connectivity index is 1.46. The van der Waals surface area contributed by atoms with E-state index in [2.05, 4.69) is 52.1 Å². The Morgan fingerprint density at radius 1 is 1.07 bits per heavy atom. The molecule has 0 aromatic heterocycles. The predicted octanol–water partition coefficient (Wildman–Crippen LogP) is 7.08.